The van der Waals surface area contributed by atoms with Gasteiger partial charge in [0.2, 0.25) is 0 Å². The number of nitrogens with one attached hydrogen (secondary N) is 1. The monoisotopic (exact) mass is 253 g/mol. The first-order chi connectivity index (χ1) is 9.13. The molecular weight excluding hydrogens is 238 g/mol. The summed E-state index contributed by atoms with van der Waals surface area (Å²) in [6, 6.07) is 7.86. The number of fused-ring (bicyclic) bond motifs is 1. The molecule has 19 heavy (non-hydrogen) atoms. The summed E-state index contributed by atoms with van der Waals surface area (Å²) in [4.78, 5) is 9.17. The van der Waals surface area contributed by atoms with E-state index in [0.29, 0.717) is 0 Å². The Kier molecular flexibility index (Phi) is 2.67. The summed E-state index contributed by atoms with van der Waals surface area (Å²) < 4.78 is 1.78. The van der Waals surface area contributed by atoms with E-state index in [9.17, 15) is 0 Å². The van der Waals surface area contributed by atoms with Gasteiger partial charge < -0.3 is 5.32 Å². The number of anilines is 2. The molecule has 3 rings (SSSR count). The van der Waals surface area contributed by atoms with Gasteiger partial charge in [-0.3, -0.25) is 4.68 Å². The molecular formula is C14H15N5. The molecule has 0 spiro atoms. The molecule has 0 saturated carbocycles. The highest BCUT2D eigenvalue weighted by atomic mass is 15.3. The van der Waals surface area contributed by atoms with E-state index in [4.69, 9.17) is 0 Å². The van der Waals surface area contributed by atoms with Crippen LogP contribution in [-0.2, 0) is 7.05 Å². The van der Waals surface area contributed by atoms with Crippen molar-refractivity contribution in [2.75, 3.05) is 5.32 Å². The van der Waals surface area contributed by atoms with Gasteiger partial charge in [0.05, 0.1) is 28.1 Å². The van der Waals surface area contributed by atoms with Gasteiger partial charge in [-0.2, -0.15) is 5.10 Å². The number of aryl methyl sites for hydroxylation is 3. The van der Waals surface area contributed by atoms with Crippen molar-refractivity contribution in [2.45, 2.75) is 13.8 Å². The number of nitrogens with zero attached hydrogens (tertiary/aromatic N) is 4. The molecule has 1 aromatic carbocycles. The van der Waals surface area contributed by atoms with E-state index in [0.717, 1.165) is 33.9 Å². The topological polar surface area (TPSA) is 55.6 Å². The predicted molar refractivity (Wildman–Crippen MR) is 75.5 cm³/mol. The van der Waals surface area contributed by atoms with E-state index in [2.05, 4.69) is 20.4 Å². The second-order valence-electron chi connectivity index (χ2n) is 4.57. The minimum absolute atomic E-state index is 0.773. The Bertz CT molecular complexity index is 745. The third-order valence-corrected chi connectivity index (χ3v) is 3.01. The maximum atomic E-state index is 4.61. The number of benzene rings is 1. The molecule has 5 nitrogen and oxygen atoms in total. The van der Waals surface area contributed by atoms with Crippen LogP contribution in [0, 0.1) is 13.8 Å². The average Bonchev–Trinajstić information content (AvgIpc) is 2.69. The molecule has 0 aliphatic heterocycles. The largest absolute Gasteiger partial charge is 0.336 e. The van der Waals surface area contributed by atoms with Crippen molar-refractivity contribution in [1.29, 1.82) is 0 Å². The zero-order chi connectivity index (χ0) is 13.4. The molecule has 0 unspecified atom stereocenters. The lowest BCUT2D eigenvalue weighted by atomic mass is 10.3. The molecule has 0 amide bonds. The van der Waals surface area contributed by atoms with Crippen molar-refractivity contribution in [3.8, 4) is 0 Å². The van der Waals surface area contributed by atoms with Crippen LogP contribution in [0.4, 0.5) is 11.5 Å². The van der Waals surface area contributed by atoms with Crippen LogP contribution < -0.4 is 5.32 Å². The van der Waals surface area contributed by atoms with Crippen LogP contribution in [0.1, 0.15) is 11.4 Å². The van der Waals surface area contributed by atoms with E-state index in [1.807, 2.05) is 51.4 Å². The van der Waals surface area contributed by atoms with Crippen molar-refractivity contribution >= 4 is 22.5 Å². The Morgan fingerprint density at radius 1 is 1.00 bits per heavy atom. The molecule has 96 valence electrons. The Labute approximate surface area is 111 Å². The number of hydrogen-bond donors (Lipinski definition) is 1. The van der Waals surface area contributed by atoms with E-state index >= 15 is 0 Å². The van der Waals surface area contributed by atoms with Crippen molar-refractivity contribution in [2.24, 2.45) is 7.05 Å². The van der Waals surface area contributed by atoms with Crippen LogP contribution in [0.15, 0.2) is 30.5 Å². The Hall–Kier alpha value is -2.43. The molecule has 5 heteroatoms. The molecule has 2 aromatic heterocycles. The van der Waals surface area contributed by atoms with Crippen LogP contribution >= 0.6 is 0 Å². The van der Waals surface area contributed by atoms with Gasteiger partial charge in [0, 0.05) is 13.2 Å². The molecule has 3 aromatic rings. The van der Waals surface area contributed by atoms with Crippen molar-refractivity contribution in [3.05, 3.63) is 41.9 Å². The van der Waals surface area contributed by atoms with Gasteiger partial charge in [-0.15, -0.1) is 0 Å². The van der Waals surface area contributed by atoms with Gasteiger partial charge in [0.1, 0.15) is 0 Å². The summed E-state index contributed by atoms with van der Waals surface area (Å²) in [7, 11) is 1.90. The van der Waals surface area contributed by atoms with Gasteiger partial charge in [0.25, 0.3) is 0 Å². The highest BCUT2D eigenvalue weighted by Crippen LogP contribution is 2.21. The second kappa shape index (κ2) is 4.35. The molecule has 0 saturated heterocycles. The number of aromatic nitrogens is 4. The normalized spacial score (nSPS) is 10.9. The van der Waals surface area contributed by atoms with Crippen molar-refractivity contribution in [1.82, 2.24) is 19.7 Å². The Morgan fingerprint density at radius 3 is 2.32 bits per heavy atom. The van der Waals surface area contributed by atoms with Crippen LogP contribution in [-0.4, -0.2) is 19.7 Å². The molecule has 0 aliphatic rings. The van der Waals surface area contributed by atoms with Crippen LogP contribution in [0.5, 0.6) is 0 Å². The van der Waals surface area contributed by atoms with Crippen molar-refractivity contribution < 1.29 is 0 Å². The molecule has 0 fully saturated rings. The van der Waals surface area contributed by atoms with Gasteiger partial charge >= 0.3 is 0 Å². The second-order valence-corrected chi connectivity index (χ2v) is 4.57. The third kappa shape index (κ3) is 2.14. The summed E-state index contributed by atoms with van der Waals surface area (Å²) in [6.07, 6.45) is 1.94. The number of para-hydroxylation sites is 2. The summed E-state index contributed by atoms with van der Waals surface area (Å²) >= 11 is 0. The lowest BCUT2D eigenvalue weighted by Gasteiger charge is -2.08. The first-order valence-corrected chi connectivity index (χ1v) is 6.14. The Morgan fingerprint density at radius 2 is 1.68 bits per heavy atom. The maximum Gasteiger partial charge on any atom is 0.152 e. The zero-order valence-electron chi connectivity index (χ0n) is 11.2. The molecule has 2 heterocycles. The summed E-state index contributed by atoms with van der Waals surface area (Å²) in [5.41, 5.74) is 4.57. The smallest absolute Gasteiger partial charge is 0.152 e. The van der Waals surface area contributed by atoms with Crippen LogP contribution in [0.3, 0.4) is 0 Å². The zero-order valence-corrected chi connectivity index (χ0v) is 11.2. The lowest BCUT2D eigenvalue weighted by molar-refractivity contribution is 0.756. The van der Waals surface area contributed by atoms with Gasteiger partial charge in [-0.25, -0.2) is 9.97 Å². The van der Waals surface area contributed by atoms with E-state index < -0.39 is 0 Å². The minimum Gasteiger partial charge on any atom is -0.336 e. The Balaban J connectivity index is 2.05. The molecule has 1 N–H and O–H groups in total. The van der Waals surface area contributed by atoms with Gasteiger partial charge in [-0.05, 0) is 26.0 Å². The molecule has 0 aliphatic carbocycles. The van der Waals surface area contributed by atoms with Gasteiger partial charge in [-0.1, -0.05) is 12.1 Å². The fourth-order valence-electron chi connectivity index (χ4n) is 2.06. The molecule has 0 radical (unpaired) electrons. The first kappa shape index (κ1) is 11.6. The number of hydrogen-bond acceptors (Lipinski definition) is 4. The first-order valence-electron chi connectivity index (χ1n) is 6.14. The summed E-state index contributed by atoms with van der Waals surface area (Å²) in [5.74, 6) is 0.773. The number of rotatable bonds is 2. The standard InChI is InChI=1S/C14H15N5/c1-9-13(8-19(3)18-9)17-14-10(2)15-11-6-4-5-7-12(11)16-14/h4-8H,1-3H3,(H,16,17). The van der Waals surface area contributed by atoms with Crippen LogP contribution in [0.25, 0.3) is 11.0 Å². The minimum atomic E-state index is 0.773. The SMILES string of the molecule is Cc1nn(C)cc1Nc1nc2ccccc2nc1C. The third-order valence-electron chi connectivity index (χ3n) is 3.01. The van der Waals surface area contributed by atoms with Gasteiger partial charge in [0.15, 0.2) is 5.82 Å². The average molecular weight is 253 g/mol. The quantitative estimate of drug-likeness (QED) is 0.763. The molecule has 0 atom stereocenters. The van der Waals surface area contributed by atoms with E-state index in [1.165, 1.54) is 0 Å². The highest BCUT2D eigenvalue weighted by molar-refractivity contribution is 5.77. The highest BCUT2D eigenvalue weighted by Gasteiger charge is 2.08. The fraction of sp³-hybridized carbons (Fsp3) is 0.214. The summed E-state index contributed by atoms with van der Waals surface area (Å²) in [5, 5.41) is 7.60. The predicted octanol–water partition coefficient (Wildman–Crippen LogP) is 2.72. The van der Waals surface area contributed by atoms with Crippen LogP contribution in [0.2, 0.25) is 0 Å². The molecule has 0 bridgehead atoms. The van der Waals surface area contributed by atoms with E-state index in [1.54, 1.807) is 4.68 Å². The maximum absolute atomic E-state index is 4.61. The summed E-state index contributed by atoms with van der Waals surface area (Å²) in [6.45, 7) is 3.92. The van der Waals surface area contributed by atoms with E-state index in [-0.39, 0.29) is 0 Å². The van der Waals surface area contributed by atoms with Crippen molar-refractivity contribution in [3.63, 3.8) is 0 Å². The fourth-order valence-corrected chi connectivity index (χ4v) is 2.06. The lowest BCUT2D eigenvalue weighted by Crippen LogP contribution is -1.99.